The number of benzene rings is 2. The lowest BCUT2D eigenvalue weighted by Gasteiger charge is -2.14. The van der Waals surface area contributed by atoms with Crippen molar-refractivity contribution in [3.8, 4) is 11.1 Å². The average Bonchev–Trinajstić information content (AvgIpc) is 3.60. The fourth-order valence-electron chi connectivity index (χ4n) is 4.90. The molecule has 1 fully saturated rings. The van der Waals surface area contributed by atoms with Crippen LogP contribution in [0.4, 0.5) is 5.69 Å². The number of anilines is 1. The average molecular weight is 489 g/mol. The molecule has 6 rings (SSSR count). The third kappa shape index (κ3) is 5.27. The lowest BCUT2D eigenvalue weighted by Crippen LogP contribution is -2.18. The predicted molar refractivity (Wildman–Crippen MR) is 145 cm³/mol. The van der Waals surface area contributed by atoms with E-state index in [1.807, 2.05) is 60.9 Å². The van der Waals surface area contributed by atoms with E-state index in [2.05, 4.69) is 48.6 Å². The molecule has 4 heterocycles. The number of nitrogens with zero attached hydrogens (tertiary/aromatic N) is 4. The molecule has 0 radical (unpaired) electrons. The number of rotatable bonds is 7. The molecule has 0 spiro atoms. The van der Waals surface area contributed by atoms with Gasteiger partial charge in [-0.2, -0.15) is 5.10 Å². The molecular formula is C30H28N6O. The number of pyridine rings is 2. The van der Waals surface area contributed by atoms with Crippen molar-refractivity contribution in [1.29, 1.82) is 0 Å². The van der Waals surface area contributed by atoms with Crippen LogP contribution in [-0.4, -0.2) is 44.1 Å². The van der Waals surface area contributed by atoms with Gasteiger partial charge in [-0.1, -0.05) is 36.4 Å². The van der Waals surface area contributed by atoms with Gasteiger partial charge in [-0.25, -0.2) is 0 Å². The molecule has 1 saturated heterocycles. The van der Waals surface area contributed by atoms with Gasteiger partial charge in [0.15, 0.2) is 5.69 Å². The molecule has 3 aromatic heterocycles. The number of aromatic nitrogens is 4. The molecule has 184 valence electrons. The van der Waals surface area contributed by atoms with Crippen LogP contribution in [-0.2, 0) is 13.0 Å². The molecule has 2 aromatic carbocycles. The van der Waals surface area contributed by atoms with Gasteiger partial charge in [0.05, 0.1) is 17.4 Å². The van der Waals surface area contributed by atoms with Crippen molar-refractivity contribution < 1.29 is 4.79 Å². The number of hydrogen-bond acceptors (Lipinski definition) is 5. The van der Waals surface area contributed by atoms with Crippen molar-refractivity contribution in [3.63, 3.8) is 0 Å². The van der Waals surface area contributed by atoms with Gasteiger partial charge in [-0.3, -0.25) is 24.8 Å². The van der Waals surface area contributed by atoms with E-state index in [-0.39, 0.29) is 5.91 Å². The maximum absolute atomic E-state index is 13.1. The van der Waals surface area contributed by atoms with E-state index in [1.54, 1.807) is 6.20 Å². The number of fused-ring (bicyclic) bond motifs is 1. The second kappa shape index (κ2) is 10.3. The van der Waals surface area contributed by atoms with E-state index in [4.69, 9.17) is 0 Å². The number of H-pyrrole nitrogens is 1. The molecule has 7 heteroatoms. The molecule has 37 heavy (non-hydrogen) atoms. The van der Waals surface area contributed by atoms with Gasteiger partial charge in [-0.05, 0) is 73.0 Å². The Kier molecular flexibility index (Phi) is 6.44. The van der Waals surface area contributed by atoms with Crippen LogP contribution >= 0.6 is 0 Å². The number of nitrogens with one attached hydrogen (secondary N) is 2. The number of aromatic amines is 1. The fraction of sp³-hybridized carbons (Fsp3) is 0.200. The molecule has 0 bridgehead atoms. The molecule has 0 saturated carbocycles. The van der Waals surface area contributed by atoms with Crippen molar-refractivity contribution in [3.05, 3.63) is 108 Å². The third-order valence-electron chi connectivity index (χ3n) is 6.82. The van der Waals surface area contributed by atoms with Crippen molar-refractivity contribution in [2.45, 2.75) is 25.8 Å². The highest BCUT2D eigenvalue weighted by Crippen LogP contribution is 2.27. The summed E-state index contributed by atoms with van der Waals surface area (Å²) in [5, 5.41) is 11.0. The normalized spacial score (nSPS) is 13.7. The quantitative estimate of drug-likeness (QED) is 0.318. The van der Waals surface area contributed by atoms with Crippen molar-refractivity contribution in [2.75, 3.05) is 18.4 Å². The first kappa shape index (κ1) is 23.1. The molecule has 1 aliphatic rings. The van der Waals surface area contributed by atoms with Crippen LogP contribution in [0.15, 0.2) is 85.3 Å². The third-order valence-corrected chi connectivity index (χ3v) is 6.82. The Morgan fingerprint density at radius 3 is 2.57 bits per heavy atom. The molecule has 1 aliphatic heterocycles. The van der Waals surface area contributed by atoms with Gasteiger partial charge < -0.3 is 5.32 Å². The van der Waals surface area contributed by atoms with Crippen LogP contribution in [0.3, 0.4) is 0 Å². The first-order valence-corrected chi connectivity index (χ1v) is 12.7. The minimum Gasteiger partial charge on any atom is -0.319 e. The molecule has 1 amide bonds. The van der Waals surface area contributed by atoms with Crippen molar-refractivity contribution >= 4 is 22.5 Å². The highest BCUT2D eigenvalue weighted by atomic mass is 16.1. The molecular weight excluding hydrogens is 460 g/mol. The summed E-state index contributed by atoms with van der Waals surface area (Å²) >= 11 is 0. The van der Waals surface area contributed by atoms with Crippen LogP contribution in [0.2, 0.25) is 0 Å². The molecule has 2 N–H and O–H groups in total. The summed E-state index contributed by atoms with van der Waals surface area (Å²) in [6.07, 6.45) is 8.78. The van der Waals surface area contributed by atoms with Crippen LogP contribution in [0.5, 0.6) is 0 Å². The SMILES string of the molecule is O=C(Nc1ccc(Cc2ccccc2)nc1)c1n[nH]c2ccc(-c3cncc(CN4CCCC4)c3)cc12. The van der Waals surface area contributed by atoms with E-state index in [0.717, 1.165) is 53.8 Å². The Morgan fingerprint density at radius 2 is 1.76 bits per heavy atom. The zero-order valence-corrected chi connectivity index (χ0v) is 20.5. The zero-order chi connectivity index (χ0) is 25.0. The van der Waals surface area contributed by atoms with E-state index < -0.39 is 0 Å². The maximum Gasteiger partial charge on any atom is 0.276 e. The summed E-state index contributed by atoms with van der Waals surface area (Å²) < 4.78 is 0. The highest BCUT2D eigenvalue weighted by Gasteiger charge is 2.16. The summed E-state index contributed by atoms with van der Waals surface area (Å²) in [4.78, 5) is 24.6. The lowest BCUT2D eigenvalue weighted by atomic mass is 10.0. The Hall–Kier alpha value is -4.36. The van der Waals surface area contributed by atoms with E-state index in [1.165, 1.54) is 24.0 Å². The number of likely N-dealkylation sites (tertiary alicyclic amines) is 1. The maximum atomic E-state index is 13.1. The number of carbonyl (C=O) groups is 1. The van der Waals surface area contributed by atoms with Gasteiger partial charge in [-0.15, -0.1) is 0 Å². The zero-order valence-electron chi connectivity index (χ0n) is 20.5. The highest BCUT2D eigenvalue weighted by molar-refractivity contribution is 6.11. The number of hydrogen-bond donors (Lipinski definition) is 2. The van der Waals surface area contributed by atoms with E-state index in [9.17, 15) is 4.79 Å². The summed E-state index contributed by atoms with van der Waals surface area (Å²) in [5.41, 5.74) is 7.18. The van der Waals surface area contributed by atoms with Crippen LogP contribution in [0.1, 0.15) is 40.2 Å². The predicted octanol–water partition coefficient (Wildman–Crippen LogP) is 5.46. The monoisotopic (exact) mass is 488 g/mol. The van der Waals surface area contributed by atoms with Crippen LogP contribution < -0.4 is 5.32 Å². The topological polar surface area (TPSA) is 86.8 Å². The van der Waals surface area contributed by atoms with Crippen molar-refractivity contribution in [2.24, 2.45) is 0 Å². The van der Waals surface area contributed by atoms with Gasteiger partial charge >= 0.3 is 0 Å². The lowest BCUT2D eigenvalue weighted by molar-refractivity contribution is 0.102. The largest absolute Gasteiger partial charge is 0.319 e. The summed E-state index contributed by atoms with van der Waals surface area (Å²) in [5.74, 6) is -0.276. The fourth-order valence-corrected chi connectivity index (χ4v) is 4.90. The summed E-state index contributed by atoms with van der Waals surface area (Å²) in [7, 11) is 0. The Labute approximate surface area is 215 Å². The van der Waals surface area contributed by atoms with Crippen molar-refractivity contribution in [1.82, 2.24) is 25.1 Å². The number of amides is 1. The van der Waals surface area contributed by atoms with Gasteiger partial charge in [0.2, 0.25) is 0 Å². The van der Waals surface area contributed by atoms with Crippen LogP contribution in [0.25, 0.3) is 22.0 Å². The molecule has 7 nitrogen and oxygen atoms in total. The molecule has 0 aliphatic carbocycles. The van der Waals surface area contributed by atoms with Crippen LogP contribution in [0, 0.1) is 0 Å². The Bertz CT molecular complexity index is 1520. The minimum atomic E-state index is -0.276. The van der Waals surface area contributed by atoms with Gasteiger partial charge in [0.25, 0.3) is 5.91 Å². The summed E-state index contributed by atoms with van der Waals surface area (Å²) in [6.45, 7) is 3.21. The first-order chi connectivity index (χ1) is 18.2. The first-order valence-electron chi connectivity index (χ1n) is 12.7. The van der Waals surface area contributed by atoms with Gasteiger partial charge in [0.1, 0.15) is 0 Å². The Morgan fingerprint density at radius 1 is 0.892 bits per heavy atom. The standard InChI is InChI=1S/C30H28N6O/c37-30(33-26-10-9-25(32-19-26)15-21-6-2-1-3-7-21)29-27-16-23(8-11-28(27)34-35-29)24-14-22(17-31-18-24)20-36-12-4-5-13-36/h1-3,6-11,14,16-19H,4-5,12-13,15,20H2,(H,33,37)(H,34,35). The Balaban J connectivity index is 1.19. The second-order valence-corrected chi connectivity index (χ2v) is 9.55. The number of carbonyl (C=O) groups excluding carboxylic acids is 1. The molecule has 5 aromatic rings. The van der Waals surface area contributed by atoms with Gasteiger partial charge in [0, 0.05) is 42.0 Å². The molecule has 0 unspecified atom stereocenters. The minimum absolute atomic E-state index is 0.276. The second-order valence-electron chi connectivity index (χ2n) is 9.55. The van der Waals surface area contributed by atoms with E-state index in [0.29, 0.717) is 11.4 Å². The van der Waals surface area contributed by atoms with E-state index >= 15 is 0 Å². The molecule has 0 atom stereocenters. The summed E-state index contributed by atoms with van der Waals surface area (Å²) in [6, 6.07) is 22.2. The smallest absolute Gasteiger partial charge is 0.276 e.